The molecule has 2 aromatic rings. The number of carbonyl (C=O) groups is 1. The first-order valence-corrected chi connectivity index (χ1v) is 9.58. The molecule has 2 unspecified atom stereocenters. The van der Waals surface area contributed by atoms with Gasteiger partial charge in [-0.2, -0.15) is 0 Å². The summed E-state index contributed by atoms with van der Waals surface area (Å²) in [5, 5.41) is 9.67. The molecular formula is C23H28F2O3. The second kappa shape index (κ2) is 9.18. The second-order valence-corrected chi connectivity index (χ2v) is 8.06. The molecule has 0 aliphatic carbocycles. The Morgan fingerprint density at radius 1 is 1.11 bits per heavy atom. The molecule has 0 amide bonds. The van der Waals surface area contributed by atoms with Crippen molar-refractivity contribution in [2.75, 3.05) is 0 Å². The fourth-order valence-electron chi connectivity index (χ4n) is 3.33. The smallest absolute Gasteiger partial charge is 0.347 e. The number of benzene rings is 2. The zero-order valence-corrected chi connectivity index (χ0v) is 16.8. The first kappa shape index (κ1) is 21.9. The van der Waals surface area contributed by atoms with Gasteiger partial charge in [-0.3, -0.25) is 0 Å². The SMILES string of the molecule is CC(C)CC(C)CCC(C)(Oc1ccc(-c2ccc(F)cc2F)cc1)C(=O)O. The van der Waals surface area contributed by atoms with Gasteiger partial charge in [0.05, 0.1) is 0 Å². The van der Waals surface area contributed by atoms with Crippen LogP contribution in [0.5, 0.6) is 5.75 Å². The van der Waals surface area contributed by atoms with Crippen LogP contribution in [-0.4, -0.2) is 16.7 Å². The lowest BCUT2D eigenvalue weighted by Gasteiger charge is -2.28. The van der Waals surface area contributed by atoms with E-state index in [4.69, 9.17) is 4.74 Å². The quantitative estimate of drug-likeness (QED) is 0.545. The van der Waals surface area contributed by atoms with E-state index in [9.17, 15) is 18.7 Å². The Morgan fingerprint density at radius 2 is 1.75 bits per heavy atom. The number of halogens is 2. The van der Waals surface area contributed by atoms with E-state index in [1.165, 1.54) is 12.1 Å². The molecule has 0 radical (unpaired) electrons. The predicted molar refractivity (Wildman–Crippen MR) is 106 cm³/mol. The third-order valence-electron chi connectivity index (χ3n) is 4.88. The van der Waals surface area contributed by atoms with Gasteiger partial charge in [-0.25, -0.2) is 13.6 Å². The molecule has 3 nitrogen and oxygen atoms in total. The minimum absolute atomic E-state index is 0.274. The molecule has 0 heterocycles. The molecule has 0 spiro atoms. The van der Waals surface area contributed by atoms with Crippen LogP contribution in [0.25, 0.3) is 11.1 Å². The first-order valence-electron chi connectivity index (χ1n) is 9.58. The van der Waals surface area contributed by atoms with Crippen molar-refractivity contribution in [3.63, 3.8) is 0 Å². The summed E-state index contributed by atoms with van der Waals surface area (Å²) in [5.41, 5.74) is -0.502. The molecular weight excluding hydrogens is 362 g/mol. The predicted octanol–water partition coefficient (Wildman–Crippen LogP) is 6.32. The van der Waals surface area contributed by atoms with Crippen molar-refractivity contribution in [3.05, 3.63) is 54.1 Å². The van der Waals surface area contributed by atoms with E-state index < -0.39 is 23.2 Å². The van der Waals surface area contributed by atoms with Crippen LogP contribution in [0.15, 0.2) is 42.5 Å². The lowest BCUT2D eigenvalue weighted by atomic mass is 9.89. The summed E-state index contributed by atoms with van der Waals surface area (Å²) in [7, 11) is 0. The Balaban J connectivity index is 2.11. The lowest BCUT2D eigenvalue weighted by molar-refractivity contribution is -0.154. The van der Waals surface area contributed by atoms with Crippen molar-refractivity contribution in [1.82, 2.24) is 0 Å². The molecule has 5 heteroatoms. The maximum atomic E-state index is 13.9. The summed E-state index contributed by atoms with van der Waals surface area (Å²) < 4.78 is 32.8. The number of aliphatic carboxylic acids is 1. The van der Waals surface area contributed by atoms with E-state index in [2.05, 4.69) is 20.8 Å². The summed E-state index contributed by atoms with van der Waals surface area (Å²) in [6.45, 7) is 7.99. The van der Waals surface area contributed by atoms with Crippen LogP contribution in [0.1, 0.15) is 47.0 Å². The summed E-state index contributed by atoms with van der Waals surface area (Å²) >= 11 is 0. The van der Waals surface area contributed by atoms with E-state index in [1.54, 1.807) is 31.2 Å². The molecule has 0 saturated heterocycles. The second-order valence-electron chi connectivity index (χ2n) is 8.06. The van der Waals surface area contributed by atoms with Gasteiger partial charge in [-0.15, -0.1) is 0 Å². The molecule has 2 atom stereocenters. The normalized spacial score (nSPS) is 14.5. The maximum Gasteiger partial charge on any atom is 0.347 e. The van der Waals surface area contributed by atoms with E-state index in [0.29, 0.717) is 29.6 Å². The van der Waals surface area contributed by atoms with Crippen LogP contribution in [-0.2, 0) is 4.79 Å². The van der Waals surface area contributed by atoms with Crippen LogP contribution >= 0.6 is 0 Å². The number of carboxylic acids is 1. The van der Waals surface area contributed by atoms with Crippen LogP contribution in [0.3, 0.4) is 0 Å². The number of ether oxygens (including phenoxy) is 1. The summed E-state index contributed by atoms with van der Waals surface area (Å²) in [6, 6.07) is 9.89. The molecule has 0 aromatic heterocycles. The highest BCUT2D eigenvalue weighted by Gasteiger charge is 2.35. The van der Waals surface area contributed by atoms with Gasteiger partial charge in [0.15, 0.2) is 0 Å². The van der Waals surface area contributed by atoms with Gasteiger partial charge < -0.3 is 9.84 Å². The van der Waals surface area contributed by atoms with Crippen molar-refractivity contribution in [2.24, 2.45) is 11.8 Å². The van der Waals surface area contributed by atoms with Crippen molar-refractivity contribution < 1.29 is 23.4 Å². The molecule has 0 bridgehead atoms. The minimum atomic E-state index is -1.34. The third kappa shape index (κ3) is 5.78. The first-order chi connectivity index (χ1) is 13.1. The molecule has 152 valence electrons. The van der Waals surface area contributed by atoms with E-state index in [1.807, 2.05) is 0 Å². The summed E-state index contributed by atoms with van der Waals surface area (Å²) in [4.78, 5) is 11.8. The molecule has 28 heavy (non-hydrogen) atoms. The Labute approximate surface area is 165 Å². The zero-order valence-electron chi connectivity index (χ0n) is 16.8. The molecule has 0 aliphatic heterocycles. The van der Waals surface area contributed by atoms with Crippen molar-refractivity contribution in [3.8, 4) is 16.9 Å². The number of hydrogen-bond acceptors (Lipinski definition) is 2. The van der Waals surface area contributed by atoms with Gasteiger partial charge in [0, 0.05) is 11.6 Å². The highest BCUT2D eigenvalue weighted by molar-refractivity contribution is 5.77. The van der Waals surface area contributed by atoms with Gasteiger partial charge in [0.2, 0.25) is 5.60 Å². The van der Waals surface area contributed by atoms with Gasteiger partial charge >= 0.3 is 5.97 Å². The van der Waals surface area contributed by atoms with Gasteiger partial charge in [0.1, 0.15) is 17.4 Å². The average Bonchev–Trinajstić information content (AvgIpc) is 2.60. The topological polar surface area (TPSA) is 46.5 Å². The van der Waals surface area contributed by atoms with E-state index >= 15 is 0 Å². The molecule has 0 saturated carbocycles. The Hall–Kier alpha value is -2.43. The largest absolute Gasteiger partial charge is 0.478 e. The highest BCUT2D eigenvalue weighted by Crippen LogP contribution is 2.30. The molecule has 2 aromatic carbocycles. The fourth-order valence-corrected chi connectivity index (χ4v) is 3.33. The van der Waals surface area contributed by atoms with Crippen LogP contribution in [0, 0.1) is 23.5 Å². The number of hydrogen-bond donors (Lipinski definition) is 1. The highest BCUT2D eigenvalue weighted by atomic mass is 19.1. The maximum absolute atomic E-state index is 13.9. The van der Waals surface area contributed by atoms with Crippen molar-refractivity contribution in [1.29, 1.82) is 0 Å². The van der Waals surface area contributed by atoms with Crippen LogP contribution < -0.4 is 4.74 Å². The molecule has 2 rings (SSSR count). The summed E-state index contributed by atoms with van der Waals surface area (Å²) in [5.74, 6) is -0.934. The Kier molecular flexibility index (Phi) is 7.17. The third-order valence-corrected chi connectivity index (χ3v) is 4.88. The Bertz CT molecular complexity index is 802. The lowest BCUT2D eigenvalue weighted by Crippen LogP contribution is -2.41. The standard InChI is InChI=1S/C23H28F2O3/c1-15(2)13-16(3)11-12-23(4,22(26)27)28-19-8-5-17(6-9-19)20-10-7-18(24)14-21(20)25/h5-10,14-16H,11-13H2,1-4H3,(H,26,27). The van der Waals surface area contributed by atoms with Gasteiger partial charge in [-0.1, -0.05) is 32.9 Å². The fraction of sp³-hybridized carbons (Fsp3) is 0.435. The van der Waals surface area contributed by atoms with E-state index in [-0.39, 0.29) is 5.56 Å². The number of rotatable bonds is 9. The van der Waals surface area contributed by atoms with E-state index in [0.717, 1.165) is 18.9 Å². The van der Waals surface area contributed by atoms with Gasteiger partial charge in [0.25, 0.3) is 0 Å². The Morgan fingerprint density at radius 3 is 2.29 bits per heavy atom. The molecule has 0 fully saturated rings. The van der Waals surface area contributed by atoms with Crippen LogP contribution in [0.2, 0.25) is 0 Å². The van der Waals surface area contributed by atoms with Gasteiger partial charge in [-0.05, 0) is 67.9 Å². The van der Waals surface area contributed by atoms with Crippen molar-refractivity contribution >= 4 is 5.97 Å². The van der Waals surface area contributed by atoms with Crippen LogP contribution in [0.4, 0.5) is 8.78 Å². The van der Waals surface area contributed by atoms with Crippen molar-refractivity contribution in [2.45, 2.75) is 52.6 Å². The zero-order chi connectivity index (χ0) is 20.9. The number of carboxylic acid groups (broad SMARTS) is 1. The minimum Gasteiger partial charge on any atom is -0.478 e. The summed E-state index contributed by atoms with van der Waals surface area (Å²) in [6.07, 6.45) is 2.18. The average molecular weight is 390 g/mol. The monoisotopic (exact) mass is 390 g/mol. The molecule has 1 N–H and O–H groups in total. The molecule has 0 aliphatic rings.